The Morgan fingerprint density at radius 2 is 2.27 bits per heavy atom. The van der Waals surface area contributed by atoms with E-state index in [1.165, 1.54) is 4.57 Å². The summed E-state index contributed by atoms with van der Waals surface area (Å²) in [7, 11) is 3.63. The number of rotatable bonds is 2. The predicted octanol–water partition coefficient (Wildman–Crippen LogP) is 1.45. The van der Waals surface area contributed by atoms with Crippen LogP contribution >= 0.6 is 12.6 Å². The summed E-state index contributed by atoms with van der Waals surface area (Å²) in [6.07, 6.45) is 0. The van der Waals surface area contributed by atoms with E-state index in [9.17, 15) is 4.79 Å². The lowest BCUT2D eigenvalue weighted by Crippen LogP contribution is -2.14. The molecule has 2 rings (SSSR count). The molecule has 2 aromatic rings. The quantitative estimate of drug-likeness (QED) is 0.620. The summed E-state index contributed by atoms with van der Waals surface area (Å²) in [5.41, 5.74) is 2.42. The molecule has 0 fully saturated rings. The minimum Gasteiger partial charge on any atom is -0.408 e. The molecule has 4 nitrogen and oxygen atoms in total. The fraction of sp³-hybridized carbons (Fsp3) is 0.300. The molecule has 0 aliphatic carbocycles. The molecule has 1 aromatic carbocycles. The van der Waals surface area contributed by atoms with Crippen molar-refractivity contribution in [1.82, 2.24) is 4.57 Å². The highest BCUT2D eigenvalue weighted by molar-refractivity contribution is 7.80. The van der Waals surface area contributed by atoms with E-state index in [-0.39, 0.29) is 5.76 Å². The lowest BCUT2D eigenvalue weighted by molar-refractivity contribution is 0.528. The number of hydrogen-bond donors (Lipinski definition) is 1. The largest absolute Gasteiger partial charge is 0.419 e. The summed E-state index contributed by atoms with van der Waals surface area (Å²) in [5, 5.41) is 0. The van der Waals surface area contributed by atoms with Crippen LogP contribution in [0.2, 0.25) is 0 Å². The Hall–Kier alpha value is -1.36. The number of fused-ring (bicyclic) bond motifs is 1. The molecule has 0 saturated heterocycles. The van der Waals surface area contributed by atoms with Crippen LogP contribution in [0, 0.1) is 0 Å². The van der Waals surface area contributed by atoms with Crippen LogP contribution in [0.3, 0.4) is 0 Å². The second-order valence-electron chi connectivity index (χ2n) is 3.42. The average molecular weight is 224 g/mol. The maximum atomic E-state index is 11.3. The van der Waals surface area contributed by atoms with Crippen LogP contribution in [0.5, 0.6) is 0 Å². The van der Waals surface area contributed by atoms with Gasteiger partial charge >= 0.3 is 5.76 Å². The van der Waals surface area contributed by atoms with Crippen molar-refractivity contribution < 1.29 is 4.42 Å². The molecule has 0 aliphatic heterocycles. The summed E-state index contributed by atoms with van der Waals surface area (Å²) in [6, 6.07) is 5.62. The summed E-state index contributed by atoms with van der Waals surface area (Å²) in [5.74, 6) is 0.285. The van der Waals surface area contributed by atoms with Crippen molar-refractivity contribution in [3.8, 4) is 0 Å². The van der Waals surface area contributed by atoms with E-state index >= 15 is 0 Å². The van der Waals surface area contributed by atoms with Gasteiger partial charge in [0, 0.05) is 19.8 Å². The molecule has 0 radical (unpaired) electrons. The number of benzene rings is 1. The van der Waals surface area contributed by atoms with E-state index in [1.54, 1.807) is 13.1 Å². The summed E-state index contributed by atoms with van der Waals surface area (Å²) >= 11 is 4.19. The van der Waals surface area contributed by atoms with Gasteiger partial charge in [0.25, 0.3) is 0 Å². The van der Waals surface area contributed by atoms with Crippen LogP contribution in [-0.4, -0.2) is 17.5 Å². The number of oxazole rings is 1. The van der Waals surface area contributed by atoms with Gasteiger partial charge in [-0.3, -0.25) is 4.57 Å². The van der Waals surface area contributed by atoms with Gasteiger partial charge in [0.05, 0.1) is 11.4 Å². The minimum absolute atomic E-state index is 0.337. The van der Waals surface area contributed by atoms with Crippen LogP contribution < -0.4 is 10.7 Å². The molecule has 0 saturated carbocycles. The van der Waals surface area contributed by atoms with E-state index in [0.29, 0.717) is 11.5 Å². The van der Waals surface area contributed by atoms with Crippen LogP contribution in [0.25, 0.3) is 11.1 Å². The van der Waals surface area contributed by atoms with Gasteiger partial charge in [0.1, 0.15) is 0 Å². The monoisotopic (exact) mass is 224 g/mol. The zero-order valence-corrected chi connectivity index (χ0v) is 9.49. The summed E-state index contributed by atoms with van der Waals surface area (Å²) < 4.78 is 6.53. The van der Waals surface area contributed by atoms with Crippen molar-refractivity contribution in [3.63, 3.8) is 0 Å². The summed E-state index contributed by atoms with van der Waals surface area (Å²) in [4.78, 5) is 13.2. The second kappa shape index (κ2) is 3.66. The van der Waals surface area contributed by atoms with Gasteiger partial charge in [-0.2, -0.15) is 12.6 Å². The van der Waals surface area contributed by atoms with Gasteiger partial charge in [0.15, 0.2) is 5.58 Å². The van der Waals surface area contributed by atoms with E-state index in [2.05, 4.69) is 12.6 Å². The topological polar surface area (TPSA) is 38.4 Å². The zero-order valence-electron chi connectivity index (χ0n) is 8.60. The third kappa shape index (κ3) is 1.63. The van der Waals surface area contributed by atoms with Crippen molar-refractivity contribution in [3.05, 3.63) is 28.7 Å². The number of aryl methyl sites for hydroxylation is 1. The first kappa shape index (κ1) is 10.2. The number of nitrogens with zero attached hydrogens (tertiary/aromatic N) is 2. The van der Waals surface area contributed by atoms with Crippen molar-refractivity contribution in [2.24, 2.45) is 7.05 Å². The van der Waals surface area contributed by atoms with E-state index < -0.39 is 0 Å². The van der Waals surface area contributed by atoms with Crippen molar-refractivity contribution >= 4 is 29.4 Å². The van der Waals surface area contributed by atoms with Crippen molar-refractivity contribution in [1.29, 1.82) is 0 Å². The zero-order chi connectivity index (χ0) is 11.0. The van der Waals surface area contributed by atoms with Crippen molar-refractivity contribution in [2.75, 3.05) is 17.8 Å². The Kier molecular flexibility index (Phi) is 2.48. The number of thiol groups is 1. The molecule has 0 bridgehead atoms. The van der Waals surface area contributed by atoms with E-state index in [1.807, 2.05) is 24.1 Å². The van der Waals surface area contributed by atoms with Gasteiger partial charge in [0.2, 0.25) is 0 Å². The third-order valence-corrected chi connectivity index (χ3v) is 2.85. The van der Waals surface area contributed by atoms with E-state index in [4.69, 9.17) is 4.42 Å². The molecule has 0 spiro atoms. The molecule has 0 unspecified atom stereocenters. The summed E-state index contributed by atoms with van der Waals surface area (Å²) in [6.45, 7) is 0. The molecule has 0 amide bonds. The van der Waals surface area contributed by atoms with Gasteiger partial charge in [-0.1, -0.05) is 0 Å². The highest BCUT2D eigenvalue weighted by Gasteiger charge is 2.07. The molecule has 15 heavy (non-hydrogen) atoms. The molecule has 80 valence electrons. The first-order chi connectivity index (χ1) is 7.13. The van der Waals surface area contributed by atoms with Crippen LogP contribution in [-0.2, 0) is 7.05 Å². The SMILES string of the molecule is CN(CS)c1ccc2oc(=O)n(C)c2c1. The first-order valence-corrected chi connectivity index (χ1v) is 5.18. The molecule has 1 heterocycles. The number of anilines is 1. The van der Waals surface area contributed by atoms with Gasteiger partial charge in [-0.05, 0) is 18.2 Å². The smallest absolute Gasteiger partial charge is 0.408 e. The molecule has 5 heteroatoms. The van der Waals surface area contributed by atoms with Crippen LogP contribution in [0.15, 0.2) is 27.4 Å². The standard InChI is InChI=1S/C10H12N2O2S/c1-11(6-15)7-3-4-9-8(5-7)12(2)10(13)14-9/h3-5,15H,6H2,1-2H3. The van der Waals surface area contributed by atoms with Gasteiger partial charge in [-0.15, -0.1) is 0 Å². The Morgan fingerprint density at radius 1 is 1.53 bits per heavy atom. The maximum Gasteiger partial charge on any atom is 0.419 e. The average Bonchev–Trinajstić information content (AvgIpc) is 2.54. The Balaban J connectivity index is 2.64. The third-order valence-electron chi connectivity index (χ3n) is 2.43. The maximum absolute atomic E-state index is 11.3. The second-order valence-corrected chi connectivity index (χ2v) is 3.70. The molecule has 0 N–H and O–H groups in total. The number of hydrogen-bond acceptors (Lipinski definition) is 4. The van der Waals surface area contributed by atoms with Gasteiger partial charge in [-0.25, -0.2) is 4.79 Å². The Bertz CT molecular complexity index is 544. The lowest BCUT2D eigenvalue weighted by Gasteiger charge is -2.15. The fourth-order valence-corrected chi connectivity index (χ4v) is 1.60. The van der Waals surface area contributed by atoms with Crippen LogP contribution in [0.1, 0.15) is 0 Å². The Morgan fingerprint density at radius 3 is 2.93 bits per heavy atom. The molecule has 0 aliphatic rings. The highest BCUT2D eigenvalue weighted by Crippen LogP contribution is 2.20. The van der Waals surface area contributed by atoms with Crippen LogP contribution in [0.4, 0.5) is 5.69 Å². The van der Waals surface area contributed by atoms with Crippen molar-refractivity contribution in [2.45, 2.75) is 0 Å². The highest BCUT2D eigenvalue weighted by atomic mass is 32.1. The normalized spacial score (nSPS) is 10.9. The first-order valence-electron chi connectivity index (χ1n) is 4.55. The lowest BCUT2D eigenvalue weighted by atomic mass is 10.2. The van der Waals surface area contributed by atoms with E-state index in [0.717, 1.165) is 11.2 Å². The predicted molar refractivity (Wildman–Crippen MR) is 63.7 cm³/mol. The Labute approximate surface area is 92.5 Å². The number of aromatic nitrogens is 1. The minimum atomic E-state index is -0.337. The molecule has 1 aromatic heterocycles. The molecular weight excluding hydrogens is 212 g/mol. The molecule has 0 atom stereocenters. The van der Waals surface area contributed by atoms with Gasteiger partial charge < -0.3 is 9.32 Å². The molecular formula is C10H12N2O2S. The fourth-order valence-electron chi connectivity index (χ4n) is 1.43.